The highest BCUT2D eigenvalue weighted by Crippen LogP contribution is 2.28. The quantitative estimate of drug-likeness (QED) is 0.833. The highest BCUT2D eigenvalue weighted by molar-refractivity contribution is 5.92. The molecule has 1 N–H and O–H groups in total. The third kappa shape index (κ3) is 4.96. The van der Waals surface area contributed by atoms with Gasteiger partial charge < -0.3 is 24.6 Å². The number of ether oxygens (including phenoxy) is 2. The summed E-state index contributed by atoms with van der Waals surface area (Å²) >= 11 is 0. The van der Waals surface area contributed by atoms with Crippen LogP contribution in [0.25, 0.3) is 0 Å². The molecule has 3 rings (SSSR count). The van der Waals surface area contributed by atoms with Crippen LogP contribution in [0.2, 0.25) is 0 Å². The van der Waals surface area contributed by atoms with Gasteiger partial charge in [0.2, 0.25) is 0 Å². The summed E-state index contributed by atoms with van der Waals surface area (Å²) in [5, 5.41) is 3.27. The maximum atomic E-state index is 12.7. The van der Waals surface area contributed by atoms with Gasteiger partial charge in [0.1, 0.15) is 11.4 Å². The van der Waals surface area contributed by atoms with Gasteiger partial charge in [0.15, 0.2) is 0 Å². The van der Waals surface area contributed by atoms with E-state index in [0.29, 0.717) is 38.5 Å². The van der Waals surface area contributed by atoms with E-state index in [-0.39, 0.29) is 12.0 Å². The molecule has 2 heterocycles. The molecule has 2 amide bonds. The second-order valence-electron chi connectivity index (χ2n) is 6.74. The number of amides is 2. The Bertz CT molecular complexity index is 861. The number of hydrogen-bond donors (Lipinski definition) is 1. The zero-order valence-corrected chi connectivity index (χ0v) is 17.0. The van der Waals surface area contributed by atoms with Crippen LogP contribution >= 0.6 is 0 Å². The fourth-order valence-electron chi connectivity index (χ4n) is 3.14. The van der Waals surface area contributed by atoms with Gasteiger partial charge in [-0.1, -0.05) is 6.07 Å². The number of hydrogen-bond acceptors (Lipinski definition) is 6. The number of benzene rings is 1. The first-order chi connectivity index (χ1) is 14.0. The summed E-state index contributed by atoms with van der Waals surface area (Å²) < 4.78 is 10.4. The van der Waals surface area contributed by atoms with Gasteiger partial charge in [-0.05, 0) is 43.7 Å². The number of carbonyl (C=O) groups is 2. The van der Waals surface area contributed by atoms with Crippen molar-refractivity contribution in [3.05, 3.63) is 47.8 Å². The summed E-state index contributed by atoms with van der Waals surface area (Å²) in [6.07, 6.45) is 1.30. The van der Waals surface area contributed by atoms with Gasteiger partial charge in [-0.3, -0.25) is 4.79 Å². The van der Waals surface area contributed by atoms with E-state index in [1.807, 2.05) is 31.2 Å². The molecular weight excluding hydrogens is 372 g/mol. The van der Waals surface area contributed by atoms with Crippen LogP contribution in [0, 0.1) is 6.92 Å². The molecule has 154 valence electrons. The second-order valence-corrected chi connectivity index (χ2v) is 6.74. The average Bonchev–Trinajstić information content (AvgIpc) is 2.74. The van der Waals surface area contributed by atoms with Crippen LogP contribution in [0.4, 0.5) is 16.2 Å². The van der Waals surface area contributed by atoms with E-state index in [1.165, 1.54) is 0 Å². The van der Waals surface area contributed by atoms with Crippen molar-refractivity contribution < 1.29 is 19.1 Å². The third-order valence-electron chi connectivity index (χ3n) is 4.71. The molecule has 0 aliphatic carbocycles. The summed E-state index contributed by atoms with van der Waals surface area (Å²) in [6.45, 7) is 5.95. The molecule has 1 fully saturated rings. The van der Waals surface area contributed by atoms with Gasteiger partial charge >= 0.3 is 6.09 Å². The van der Waals surface area contributed by atoms with Crippen molar-refractivity contribution in [2.75, 3.05) is 45.2 Å². The maximum absolute atomic E-state index is 12.7. The van der Waals surface area contributed by atoms with E-state index < -0.39 is 0 Å². The minimum absolute atomic E-state index is 0.145. The molecule has 8 heteroatoms. The van der Waals surface area contributed by atoms with Crippen molar-refractivity contribution in [2.24, 2.45) is 0 Å². The Hall–Kier alpha value is -3.29. The lowest BCUT2D eigenvalue weighted by atomic mass is 10.2. The minimum atomic E-state index is -0.334. The third-order valence-corrected chi connectivity index (χ3v) is 4.71. The van der Waals surface area contributed by atoms with Crippen LogP contribution in [-0.4, -0.2) is 66.7 Å². The number of aromatic nitrogens is 1. The van der Waals surface area contributed by atoms with Crippen LogP contribution in [0.15, 0.2) is 36.5 Å². The van der Waals surface area contributed by atoms with Gasteiger partial charge in [0.25, 0.3) is 5.91 Å². The first-order valence-electron chi connectivity index (χ1n) is 9.60. The first kappa shape index (κ1) is 20.4. The van der Waals surface area contributed by atoms with E-state index in [4.69, 9.17) is 9.47 Å². The lowest BCUT2D eigenvalue weighted by Crippen LogP contribution is -2.50. The van der Waals surface area contributed by atoms with E-state index in [1.54, 1.807) is 36.1 Å². The SMILES string of the molecule is CCOC(=O)N1CCN(C(=O)c2ccc(Nc3cc(C)ccc3OC)cn2)CC1. The molecule has 1 aromatic carbocycles. The van der Waals surface area contributed by atoms with E-state index >= 15 is 0 Å². The van der Waals surface area contributed by atoms with Crippen molar-refractivity contribution in [1.29, 1.82) is 0 Å². The highest BCUT2D eigenvalue weighted by atomic mass is 16.6. The smallest absolute Gasteiger partial charge is 0.409 e. The fraction of sp³-hybridized carbons (Fsp3) is 0.381. The number of aryl methyl sites for hydroxylation is 1. The molecule has 29 heavy (non-hydrogen) atoms. The standard InChI is InChI=1S/C21H26N4O4/c1-4-29-21(27)25-11-9-24(10-12-25)20(26)17-7-6-16(14-22-17)23-18-13-15(2)5-8-19(18)28-3/h5-8,13-14,23H,4,9-12H2,1-3H3. The maximum Gasteiger partial charge on any atom is 0.409 e. The van der Waals surface area contributed by atoms with Crippen LogP contribution in [0.3, 0.4) is 0 Å². The fourth-order valence-corrected chi connectivity index (χ4v) is 3.14. The molecular formula is C21H26N4O4. The Morgan fingerprint density at radius 2 is 1.83 bits per heavy atom. The Kier molecular flexibility index (Phi) is 6.54. The van der Waals surface area contributed by atoms with Crippen molar-refractivity contribution >= 4 is 23.4 Å². The Morgan fingerprint density at radius 3 is 2.45 bits per heavy atom. The molecule has 0 saturated carbocycles. The summed E-state index contributed by atoms with van der Waals surface area (Å²) in [5.74, 6) is 0.586. The Balaban J connectivity index is 1.61. The van der Waals surface area contributed by atoms with Crippen molar-refractivity contribution in [3.8, 4) is 5.75 Å². The largest absolute Gasteiger partial charge is 0.495 e. The Labute approximate surface area is 170 Å². The minimum Gasteiger partial charge on any atom is -0.495 e. The second kappa shape index (κ2) is 9.27. The molecule has 1 aliphatic heterocycles. The topological polar surface area (TPSA) is 84.0 Å². The van der Waals surface area contributed by atoms with Crippen LogP contribution in [-0.2, 0) is 4.74 Å². The van der Waals surface area contributed by atoms with Gasteiger partial charge in [0.05, 0.1) is 31.3 Å². The summed E-state index contributed by atoms with van der Waals surface area (Å²) in [5.41, 5.74) is 3.08. The molecule has 0 unspecified atom stereocenters. The van der Waals surface area contributed by atoms with Crippen molar-refractivity contribution in [2.45, 2.75) is 13.8 Å². The number of nitrogens with one attached hydrogen (secondary N) is 1. The normalized spacial score (nSPS) is 13.8. The number of methoxy groups -OCH3 is 1. The van der Waals surface area contributed by atoms with E-state index in [2.05, 4.69) is 10.3 Å². The molecule has 0 atom stereocenters. The molecule has 0 radical (unpaired) electrons. The lowest BCUT2D eigenvalue weighted by Gasteiger charge is -2.33. The molecule has 1 saturated heterocycles. The van der Waals surface area contributed by atoms with Gasteiger partial charge in [-0.25, -0.2) is 9.78 Å². The number of anilines is 2. The van der Waals surface area contributed by atoms with Crippen molar-refractivity contribution in [3.63, 3.8) is 0 Å². The summed E-state index contributed by atoms with van der Waals surface area (Å²) in [6, 6.07) is 9.38. The van der Waals surface area contributed by atoms with Gasteiger partial charge in [-0.15, -0.1) is 0 Å². The number of nitrogens with zero attached hydrogens (tertiary/aromatic N) is 3. The molecule has 2 aromatic rings. The van der Waals surface area contributed by atoms with Crippen LogP contribution < -0.4 is 10.1 Å². The predicted molar refractivity (Wildman–Crippen MR) is 110 cm³/mol. The van der Waals surface area contributed by atoms with E-state index in [0.717, 1.165) is 22.7 Å². The molecule has 0 bridgehead atoms. The summed E-state index contributed by atoms with van der Waals surface area (Å²) in [4.78, 5) is 32.1. The van der Waals surface area contributed by atoms with E-state index in [9.17, 15) is 9.59 Å². The molecule has 1 aromatic heterocycles. The van der Waals surface area contributed by atoms with Crippen molar-refractivity contribution in [1.82, 2.24) is 14.8 Å². The first-order valence-corrected chi connectivity index (χ1v) is 9.60. The molecule has 0 spiro atoms. The summed E-state index contributed by atoms with van der Waals surface area (Å²) in [7, 11) is 1.62. The van der Waals surface area contributed by atoms with Crippen LogP contribution in [0.1, 0.15) is 23.0 Å². The zero-order chi connectivity index (χ0) is 20.8. The Morgan fingerprint density at radius 1 is 1.10 bits per heavy atom. The number of pyridine rings is 1. The molecule has 1 aliphatic rings. The number of rotatable bonds is 5. The molecule has 8 nitrogen and oxygen atoms in total. The lowest BCUT2D eigenvalue weighted by molar-refractivity contribution is 0.0566. The number of piperazine rings is 1. The average molecular weight is 398 g/mol. The van der Waals surface area contributed by atoms with Crippen LogP contribution in [0.5, 0.6) is 5.75 Å². The van der Waals surface area contributed by atoms with Gasteiger partial charge in [0, 0.05) is 26.2 Å². The predicted octanol–water partition coefficient (Wildman–Crippen LogP) is 3.06. The zero-order valence-electron chi connectivity index (χ0n) is 17.0. The number of carbonyl (C=O) groups excluding carboxylic acids is 2. The monoisotopic (exact) mass is 398 g/mol. The highest BCUT2D eigenvalue weighted by Gasteiger charge is 2.26. The van der Waals surface area contributed by atoms with Gasteiger partial charge in [-0.2, -0.15) is 0 Å².